The van der Waals surface area contributed by atoms with Gasteiger partial charge in [0.15, 0.2) is 0 Å². The lowest BCUT2D eigenvalue weighted by Gasteiger charge is -2.18. The number of carbonyl (C=O) groups excluding carboxylic acids is 1. The number of pyridine rings is 1. The first-order valence-electron chi connectivity index (χ1n) is 13.8. The molecule has 10 heteroatoms. The Morgan fingerprint density at radius 3 is 2.30 bits per heavy atom. The van der Waals surface area contributed by atoms with Crippen LogP contribution < -0.4 is 14.8 Å². The molecule has 8 nitrogen and oxygen atoms in total. The quantitative estimate of drug-likeness (QED) is 0.184. The molecule has 222 valence electrons. The van der Waals surface area contributed by atoms with E-state index in [-0.39, 0.29) is 29.6 Å². The summed E-state index contributed by atoms with van der Waals surface area (Å²) in [4.78, 5) is 19.0. The van der Waals surface area contributed by atoms with Crippen LogP contribution in [0.25, 0.3) is 22.2 Å². The van der Waals surface area contributed by atoms with Crippen LogP contribution in [0.2, 0.25) is 0 Å². The number of halogens is 2. The van der Waals surface area contributed by atoms with E-state index in [1.807, 2.05) is 19.9 Å². The normalized spacial score (nSPS) is 11.0. The Balaban J connectivity index is 1.60. The topological polar surface area (TPSA) is 88.9 Å². The van der Waals surface area contributed by atoms with Crippen LogP contribution in [0.1, 0.15) is 29.8 Å². The second kappa shape index (κ2) is 12.4. The zero-order chi connectivity index (χ0) is 30.7. The second-order valence-electron chi connectivity index (χ2n) is 9.85. The van der Waals surface area contributed by atoms with Gasteiger partial charge in [-0.3, -0.25) is 4.79 Å². The van der Waals surface area contributed by atoms with Crippen LogP contribution in [-0.2, 0) is 6.54 Å². The number of benzene rings is 3. The first-order valence-corrected chi connectivity index (χ1v) is 13.8. The van der Waals surface area contributed by atoms with Crippen molar-refractivity contribution in [3.05, 3.63) is 95.7 Å². The van der Waals surface area contributed by atoms with Crippen molar-refractivity contribution in [2.75, 3.05) is 32.6 Å². The minimum atomic E-state index is -0.760. The molecule has 0 aliphatic rings. The lowest BCUT2D eigenvalue weighted by atomic mass is 10.1. The number of methoxy groups -OCH3 is 2. The number of carbonyl (C=O) groups is 1. The fraction of sp³-hybridized carbons (Fsp3) is 0.212. The number of fused-ring (bicyclic) bond motifs is 1. The van der Waals surface area contributed by atoms with Crippen LogP contribution in [0.3, 0.4) is 0 Å². The summed E-state index contributed by atoms with van der Waals surface area (Å²) in [5.41, 5.74) is 2.37. The summed E-state index contributed by atoms with van der Waals surface area (Å²) in [6.07, 6.45) is 1.62. The van der Waals surface area contributed by atoms with Gasteiger partial charge >= 0.3 is 0 Å². The van der Waals surface area contributed by atoms with Gasteiger partial charge in [0.2, 0.25) is 5.88 Å². The standard InChI is InChI=1S/C33H32F2N4O4/c1-5-38(6-2)32(40)20-10-13-22(14-11-20)36-27-17-26(30-24(34)8-7-9-25(30)35)37-28-19-39(33(41)31(27)28)18-21-12-15-23(42-3)16-29(21)43-4/h7-17,19,36,41H,5-6,18H2,1-4H3. The molecule has 0 radical (unpaired) electrons. The van der Waals surface area contributed by atoms with Gasteiger partial charge in [-0.25, -0.2) is 13.8 Å². The number of hydrogen-bond donors (Lipinski definition) is 2. The summed E-state index contributed by atoms with van der Waals surface area (Å²) < 4.78 is 42.1. The highest BCUT2D eigenvalue weighted by atomic mass is 19.1. The van der Waals surface area contributed by atoms with Crippen molar-refractivity contribution < 1.29 is 28.2 Å². The molecule has 0 aliphatic carbocycles. The van der Waals surface area contributed by atoms with E-state index in [4.69, 9.17) is 9.47 Å². The Morgan fingerprint density at radius 1 is 0.977 bits per heavy atom. The second-order valence-corrected chi connectivity index (χ2v) is 9.85. The maximum Gasteiger partial charge on any atom is 0.253 e. The van der Waals surface area contributed by atoms with Gasteiger partial charge in [-0.15, -0.1) is 0 Å². The smallest absolute Gasteiger partial charge is 0.253 e. The van der Waals surface area contributed by atoms with Crippen LogP contribution >= 0.6 is 0 Å². The number of amides is 1. The highest BCUT2D eigenvalue weighted by Gasteiger charge is 2.21. The number of aromatic nitrogens is 2. The molecular weight excluding hydrogens is 554 g/mol. The lowest BCUT2D eigenvalue weighted by Crippen LogP contribution is -2.30. The first-order chi connectivity index (χ1) is 20.8. The molecule has 0 saturated carbocycles. The van der Waals surface area contributed by atoms with Crippen molar-refractivity contribution in [1.82, 2.24) is 14.5 Å². The van der Waals surface area contributed by atoms with Crippen molar-refractivity contribution in [3.8, 4) is 28.6 Å². The fourth-order valence-corrected chi connectivity index (χ4v) is 5.05. The number of hydrogen-bond acceptors (Lipinski definition) is 6. The van der Waals surface area contributed by atoms with Crippen LogP contribution in [0.5, 0.6) is 17.4 Å². The van der Waals surface area contributed by atoms with Gasteiger partial charge in [0, 0.05) is 42.2 Å². The van der Waals surface area contributed by atoms with E-state index in [1.54, 1.807) is 66.3 Å². The fourth-order valence-electron chi connectivity index (χ4n) is 5.05. The number of nitrogens with one attached hydrogen (secondary N) is 1. The van der Waals surface area contributed by atoms with E-state index < -0.39 is 11.6 Å². The van der Waals surface area contributed by atoms with Crippen molar-refractivity contribution in [3.63, 3.8) is 0 Å². The lowest BCUT2D eigenvalue weighted by molar-refractivity contribution is 0.0773. The first kappa shape index (κ1) is 29.4. The molecule has 0 bridgehead atoms. The average Bonchev–Trinajstić information content (AvgIpc) is 3.32. The summed E-state index contributed by atoms with van der Waals surface area (Å²) >= 11 is 0. The SMILES string of the molecule is CCN(CC)C(=O)c1ccc(Nc2cc(-c3c(F)cccc3F)nc3cn(Cc4ccc(OC)cc4OC)c(O)c23)cc1. The number of anilines is 2. The van der Waals surface area contributed by atoms with Gasteiger partial charge in [-0.2, -0.15) is 0 Å². The molecule has 0 aliphatic heterocycles. The third-order valence-electron chi connectivity index (χ3n) is 7.34. The third-order valence-corrected chi connectivity index (χ3v) is 7.34. The van der Waals surface area contributed by atoms with E-state index in [2.05, 4.69) is 10.3 Å². The monoisotopic (exact) mass is 586 g/mol. The van der Waals surface area contributed by atoms with Gasteiger partial charge in [0.05, 0.1) is 48.6 Å². The Labute approximate surface area is 248 Å². The molecule has 2 N–H and O–H groups in total. The minimum Gasteiger partial charge on any atom is -0.497 e. The van der Waals surface area contributed by atoms with Crippen molar-refractivity contribution in [1.29, 1.82) is 0 Å². The maximum absolute atomic E-state index is 14.8. The van der Waals surface area contributed by atoms with E-state index in [0.717, 1.165) is 5.56 Å². The van der Waals surface area contributed by atoms with Gasteiger partial charge in [0.25, 0.3) is 5.91 Å². The number of rotatable bonds is 10. The number of aromatic hydroxyl groups is 1. The van der Waals surface area contributed by atoms with E-state index in [9.17, 15) is 18.7 Å². The van der Waals surface area contributed by atoms with Crippen molar-refractivity contribution in [2.24, 2.45) is 0 Å². The predicted molar refractivity (Wildman–Crippen MR) is 162 cm³/mol. The maximum atomic E-state index is 14.8. The third kappa shape index (κ3) is 5.81. The van der Waals surface area contributed by atoms with E-state index >= 15 is 0 Å². The predicted octanol–water partition coefficient (Wildman–Crippen LogP) is 6.98. The summed E-state index contributed by atoms with van der Waals surface area (Å²) in [7, 11) is 3.11. The van der Waals surface area contributed by atoms with Gasteiger partial charge < -0.3 is 29.4 Å². The molecule has 0 saturated heterocycles. The van der Waals surface area contributed by atoms with E-state index in [1.165, 1.54) is 24.3 Å². The minimum absolute atomic E-state index is 0.0538. The molecule has 3 aromatic carbocycles. The van der Waals surface area contributed by atoms with Crippen molar-refractivity contribution >= 4 is 28.2 Å². The van der Waals surface area contributed by atoms with Crippen molar-refractivity contribution in [2.45, 2.75) is 20.4 Å². The number of ether oxygens (including phenoxy) is 2. The highest BCUT2D eigenvalue weighted by molar-refractivity contribution is 6.00. The van der Waals surface area contributed by atoms with Crippen LogP contribution in [0.4, 0.5) is 20.2 Å². The number of nitrogens with zero attached hydrogens (tertiary/aromatic N) is 3. The van der Waals surface area contributed by atoms with Crippen LogP contribution in [0.15, 0.2) is 72.9 Å². The molecule has 0 atom stereocenters. The Hall–Kier alpha value is -5.12. The molecule has 43 heavy (non-hydrogen) atoms. The zero-order valence-electron chi connectivity index (χ0n) is 24.3. The Morgan fingerprint density at radius 2 is 1.67 bits per heavy atom. The summed E-state index contributed by atoms with van der Waals surface area (Å²) in [5, 5.41) is 15.0. The largest absolute Gasteiger partial charge is 0.497 e. The molecule has 1 amide bonds. The zero-order valence-corrected chi connectivity index (χ0v) is 24.3. The molecule has 0 unspecified atom stereocenters. The highest BCUT2D eigenvalue weighted by Crippen LogP contribution is 2.39. The average molecular weight is 587 g/mol. The molecular formula is C33H32F2N4O4. The molecule has 5 rings (SSSR count). The molecule has 2 aromatic heterocycles. The molecule has 0 fully saturated rings. The van der Waals surface area contributed by atoms with Crippen LogP contribution in [0, 0.1) is 11.6 Å². The summed E-state index contributed by atoms with van der Waals surface area (Å²) in [6, 6.07) is 17.4. The van der Waals surface area contributed by atoms with Gasteiger partial charge in [-0.1, -0.05) is 6.07 Å². The van der Waals surface area contributed by atoms with Gasteiger partial charge in [0.1, 0.15) is 23.1 Å². The Kier molecular flexibility index (Phi) is 8.47. The molecule has 2 heterocycles. The Bertz CT molecular complexity index is 1760. The summed E-state index contributed by atoms with van der Waals surface area (Å²) in [5.74, 6) is -0.513. The summed E-state index contributed by atoms with van der Waals surface area (Å²) in [6.45, 7) is 5.26. The van der Waals surface area contributed by atoms with Crippen LogP contribution in [-0.4, -0.2) is 52.8 Å². The van der Waals surface area contributed by atoms with E-state index in [0.29, 0.717) is 52.4 Å². The molecule has 0 spiro atoms. The molecule has 5 aromatic rings. The van der Waals surface area contributed by atoms with Gasteiger partial charge in [-0.05, 0) is 68.4 Å².